The quantitative estimate of drug-likeness (QED) is 0.820. The molecule has 3 nitrogen and oxygen atoms in total. The molecule has 0 saturated carbocycles. The Morgan fingerprint density at radius 3 is 2.07 bits per heavy atom. The van der Waals surface area contributed by atoms with E-state index in [1.54, 1.807) is 12.1 Å². The Balaban J connectivity index is 3.48. The third-order valence-corrected chi connectivity index (χ3v) is 2.41. The van der Waals surface area contributed by atoms with Crippen LogP contribution >= 0.6 is 0 Å². The molecule has 0 aliphatic heterocycles. The van der Waals surface area contributed by atoms with Gasteiger partial charge >= 0.3 is 5.97 Å². The summed E-state index contributed by atoms with van der Waals surface area (Å²) in [6.07, 6.45) is 1.26. The summed E-state index contributed by atoms with van der Waals surface area (Å²) in [4.78, 5) is 11.1. The van der Waals surface area contributed by atoms with Gasteiger partial charge in [0.1, 0.15) is 0 Å². The highest BCUT2D eigenvalue weighted by Crippen LogP contribution is 2.19. The van der Waals surface area contributed by atoms with Crippen molar-refractivity contribution in [2.45, 2.75) is 26.7 Å². The Kier molecular flexibility index (Phi) is 3.46. The first kappa shape index (κ1) is 11.3. The predicted molar refractivity (Wildman–Crippen MR) is 56.9 cm³/mol. The van der Waals surface area contributed by atoms with Gasteiger partial charge in [0.05, 0.1) is 17.2 Å². The molecule has 1 rings (SSSR count). The van der Waals surface area contributed by atoms with Crippen LogP contribution in [0.25, 0.3) is 0 Å². The molecule has 78 valence electrons. The number of rotatable bonds is 3. The molecule has 15 heavy (non-hydrogen) atoms. The number of benzene rings is 1. The highest BCUT2D eigenvalue weighted by Gasteiger charge is 2.14. The minimum absolute atomic E-state index is 0.360. The van der Waals surface area contributed by atoms with Crippen LogP contribution in [0.1, 0.15) is 40.9 Å². The van der Waals surface area contributed by atoms with Crippen LogP contribution in [0.15, 0.2) is 12.1 Å². The number of carboxylic acids is 1. The van der Waals surface area contributed by atoms with Crippen molar-refractivity contribution in [3.05, 3.63) is 34.4 Å². The maximum Gasteiger partial charge on any atom is 0.336 e. The van der Waals surface area contributed by atoms with Crippen LogP contribution < -0.4 is 0 Å². The van der Waals surface area contributed by atoms with E-state index in [-0.39, 0.29) is 0 Å². The van der Waals surface area contributed by atoms with Crippen molar-refractivity contribution in [1.82, 2.24) is 0 Å². The fourth-order valence-electron chi connectivity index (χ4n) is 1.66. The van der Waals surface area contributed by atoms with Crippen LogP contribution in [0.3, 0.4) is 0 Å². The first-order valence-corrected chi connectivity index (χ1v) is 4.93. The molecule has 1 aromatic rings. The first-order valence-electron chi connectivity index (χ1n) is 4.93. The van der Waals surface area contributed by atoms with Crippen molar-refractivity contribution in [2.24, 2.45) is 0 Å². The van der Waals surface area contributed by atoms with Crippen molar-refractivity contribution in [2.75, 3.05) is 0 Å². The molecule has 0 aliphatic carbocycles. The average Bonchev–Trinajstić information content (AvgIpc) is 2.26. The zero-order valence-electron chi connectivity index (χ0n) is 8.87. The molecule has 1 aromatic carbocycles. The summed E-state index contributed by atoms with van der Waals surface area (Å²) in [5, 5.41) is 17.9. The number of carbonyl (C=O) groups is 1. The van der Waals surface area contributed by atoms with E-state index in [2.05, 4.69) is 0 Å². The van der Waals surface area contributed by atoms with Gasteiger partial charge < -0.3 is 5.11 Å². The molecule has 0 fully saturated rings. The largest absolute Gasteiger partial charge is 0.478 e. The molecule has 0 unspecified atom stereocenters. The van der Waals surface area contributed by atoms with E-state index in [1.807, 2.05) is 19.9 Å². The lowest BCUT2D eigenvalue weighted by molar-refractivity contribution is 0.0694. The Bertz CT molecular complexity index is 405. The van der Waals surface area contributed by atoms with Crippen molar-refractivity contribution >= 4 is 5.97 Å². The van der Waals surface area contributed by atoms with Crippen LogP contribution in [0, 0.1) is 11.3 Å². The lowest BCUT2D eigenvalue weighted by atomic mass is 9.95. The second-order valence-corrected chi connectivity index (χ2v) is 3.29. The van der Waals surface area contributed by atoms with Crippen LogP contribution in [-0.2, 0) is 12.8 Å². The smallest absolute Gasteiger partial charge is 0.336 e. The van der Waals surface area contributed by atoms with E-state index < -0.39 is 5.97 Å². The standard InChI is InChI=1S/C12H13NO2/c1-3-9-5-8(7-13)6-10(4-2)11(9)12(14)15/h5-6H,3-4H2,1-2H3,(H,14,15). The highest BCUT2D eigenvalue weighted by molar-refractivity contribution is 5.91. The van der Waals surface area contributed by atoms with Gasteiger partial charge in [-0.3, -0.25) is 0 Å². The van der Waals surface area contributed by atoms with E-state index in [9.17, 15) is 4.79 Å². The van der Waals surface area contributed by atoms with E-state index >= 15 is 0 Å². The van der Waals surface area contributed by atoms with Gasteiger partial charge in [-0.1, -0.05) is 13.8 Å². The second-order valence-electron chi connectivity index (χ2n) is 3.29. The molecule has 0 aromatic heterocycles. The molecule has 0 heterocycles. The molecule has 1 N–H and O–H groups in total. The van der Waals surface area contributed by atoms with Crippen LogP contribution in [-0.4, -0.2) is 11.1 Å². The van der Waals surface area contributed by atoms with Gasteiger partial charge in [-0.2, -0.15) is 5.26 Å². The molecule has 0 spiro atoms. The molecule has 0 radical (unpaired) electrons. The van der Waals surface area contributed by atoms with Gasteiger partial charge in [0.2, 0.25) is 0 Å². The molecule has 0 amide bonds. The fourth-order valence-corrected chi connectivity index (χ4v) is 1.66. The molecule has 0 atom stereocenters. The van der Waals surface area contributed by atoms with Crippen molar-refractivity contribution < 1.29 is 9.90 Å². The van der Waals surface area contributed by atoms with E-state index in [0.29, 0.717) is 24.0 Å². The minimum Gasteiger partial charge on any atom is -0.478 e. The van der Waals surface area contributed by atoms with Gasteiger partial charge in [0.25, 0.3) is 0 Å². The average molecular weight is 203 g/mol. The Morgan fingerprint density at radius 2 is 1.80 bits per heavy atom. The number of nitrogens with zero attached hydrogens (tertiary/aromatic N) is 1. The summed E-state index contributed by atoms with van der Waals surface area (Å²) in [5.74, 6) is -0.909. The van der Waals surface area contributed by atoms with Crippen molar-refractivity contribution in [3.63, 3.8) is 0 Å². The van der Waals surface area contributed by atoms with Crippen molar-refractivity contribution in [3.8, 4) is 6.07 Å². The zero-order valence-corrected chi connectivity index (χ0v) is 8.87. The van der Waals surface area contributed by atoms with E-state index in [0.717, 1.165) is 11.1 Å². The van der Waals surface area contributed by atoms with Gasteiger partial charge in [-0.05, 0) is 36.1 Å². The Hall–Kier alpha value is -1.82. The lowest BCUT2D eigenvalue weighted by Gasteiger charge is -2.09. The summed E-state index contributed by atoms with van der Waals surface area (Å²) in [7, 11) is 0. The number of carboxylic acid groups (broad SMARTS) is 1. The maximum absolute atomic E-state index is 11.1. The zero-order chi connectivity index (χ0) is 11.4. The van der Waals surface area contributed by atoms with Gasteiger partial charge in [0, 0.05) is 0 Å². The number of aryl methyl sites for hydroxylation is 2. The molecule has 0 bridgehead atoms. The summed E-state index contributed by atoms with van der Waals surface area (Å²) in [6.45, 7) is 3.78. The molecular weight excluding hydrogens is 190 g/mol. The molecule has 0 saturated heterocycles. The number of hydrogen-bond acceptors (Lipinski definition) is 2. The maximum atomic E-state index is 11.1. The molecule has 3 heteroatoms. The van der Waals surface area contributed by atoms with Gasteiger partial charge in [-0.15, -0.1) is 0 Å². The van der Waals surface area contributed by atoms with Crippen LogP contribution in [0.4, 0.5) is 0 Å². The minimum atomic E-state index is -0.909. The fraction of sp³-hybridized carbons (Fsp3) is 0.333. The SMILES string of the molecule is CCc1cc(C#N)cc(CC)c1C(=O)O. The lowest BCUT2D eigenvalue weighted by Crippen LogP contribution is -2.07. The van der Waals surface area contributed by atoms with Crippen LogP contribution in [0.5, 0.6) is 0 Å². The summed E-state index contributed by atoms with van der Waals surface area (Å²) in [5.41, 5.74) is 2.37. The van der Waals surface area contributed by atoms with E-state index in [1.165, 1.54) is 0 Å². The second kappa shape index (κ2) is 4.61. The van der Waals surface area contributed by atoms with E-state index in [4.69, 9.17) is 10.4 Å². The molecule has 0 aliphatic rings. The number of aromatic carboxylic acids is 1. The third-order valence-electron chi connectivity index (χ3n) is 2.41. The monoisotopic (exact) mass is 203 g/mol. The predicted octanol–water partition coefficient (Wildman–Crippen LogP) is 2.38. The topological polar surface area (TPSA) is 61.1 Å². The Labute approximate surface area is 89.0 Å². The first-order chi connectivity index (χ1) is 7.13. The summed E-state index contributed by atoms with van der Waals surface area (Å²) >= 11 is 0. The normalized spacial score (nSPS) is 9.67. The van der Waals surface area contributed by atoms with Gasteiger partial charge in [-0.25, -0.2) is 4.79 Å². The van der Waals surface area contributed by atoms with Crippen LogP contribution in [0.2, 0.25) is 0 Å². The number of nitriles is 1. The highest BCUT2D eigenvalue weighted by atomic mass is 16.4. The molecular formula is C12H13NO2. The van der Waals surface area contributed by atoms with Gasteiger partial charge in [0.15, 0.2) is 0 Å². The summed E-state index contributed by atoms with van der Waals surface area (Å²) < 4.78 is 0. The summed E-state index contributed by atoms with van der Waals surface area (Å²) in [6, 6.07) is 5.36. The third kappa shape index (κ3) is 2.16. The number of hydrogen-bond donors (Lipinski definition) is 1. The Morgan fingerprint density at radius 1 is 1.33 bits per heavy atom. The van der Waals surface area contributed by atoms with Crippen molar-refractivity contribution in [1.29, 1.82) is 5.26 Å².